The molecule has 0 fully saturated rings. The van der Waals surface area contributed by atoms with Gasteiger partial charge in [0, 0.05) is 6.04 Å². The molecule has 0 aliphatic carbocycles. The molecule has 5 nitrogen and oxygen atoms in total. The highest BCUT2D eigenvalue weighted by Crippen LogP contribution is 2.03. The van der Waals surface area contributed by atoms with Crippen LogP contribution < -0.4 is 11.3 Å². The number of nitrogens with two attached hydrogens (primary N) is 1. The zero-order valence-corrected chi connectivity index (χ0v) is 7.10. The number of anilines is 1. The summed E-state index contributed by atoms with van der Waals surface area (Å²) in [5.41, 5.74) is 5.72. The molecule has 0 saturated heterocycles. The van der Waals surface area contributed by atoms with E-state index in [1.54, 1.807) is 0 Å². The van der Waals surface area contributed by atoms with Gasteiger partial charge in [0.1, 0.15) is 5.82 Å². The average molecular weight is 169 g/mol. The molecule has 0 bridgehead atoms. The van der Waals surface area contributed by atoms with Crippen molar-refractivity contribution in [3.63, 3.8) is 0 Å². The van der Waals surface area contributed by atoms with Crippen LogP contribution in [0.5, 0.6) is 0 Å². The van der Waals surface area contributed by atoms with Crippen LogP contribution in [-0.4, -0.2) is 26.9 Å². The fraction of sp³-hybridized carbons (Fsp3) is 0.500. The highest BCUT2D eigenvalue weighted by atomic mass is 16.4. The van der Waals surface area contributed by atoms with E-state index < -0.39 is 7.12 Å². The maximum absolute atomic E-state index is 8.91. The Labute approximate surface area is 71.0 Å². The van der Waals surface area contributed by atoms with Gasteiger partial charge in [0.2, 0.25) is 0 Å². The van der Waals surface area contributed by atoms with Crippen LogP contribution in [0.2, 0.25) is 0 Å². The summed E-state index contributed by atoms with van der Waals surface area (Å²) in [5, 5.41) is 21.7. The van der Waals surface area contributed by atoms with Crippen LogP contribution in [0.25, 0.3) is 0 Å². The highest BCUT2D eigenvalue weighted by molar-refractivity contribution is 6.57. The molecule has 0 spiro atoms. The molecule has 0 saturated carbocycles. The lowest BCUT2D eigenvalue weighted by molar-refractivity contribution is 0.416. The van der Waals surface area contributed by atoms with E-state index in [-0.39, 0.29) is 6.04 Å². The molecule has 0 aliphatic rings. The number of aromatic nitrogens is 2. The molecular formula is C6H12BN3O2. The fourth-order valence-electron chi connectivity index (χ4n) is 1.04. The number of nitrogen functional groups attached to an aromatic ring is 1. The third kappa shape index (κ3) is 1.59. The first-order valence-corrected chi connectivity index (χ1v) is 3.73. The summed E-state index contributed by atoms with van der Waals surface area (Å²) in [6.45, 7) is 3.77. The third-order valence-electron chi connectivity index (χ3n) is 1.54. The number of hydrogen-bond donors (Lipinski definition) is 3. The Morgan fingerprint density at radius 1 is 1.58 bits per heavy atom. The maximum Gasteiger partial charge on any atom is 0.507 e. The number of nitrogens with zero attached hydrogens (tertiary/aromatic N) is 2. The molecule has 4 N–H and O–H groups in total. The van der Waals surface area contributed by atoms with Crippen LogP contribution in [0.15, 0.2) is 6.07 Å². The Morgan fingerprint density at radius 3 is 2.50 bits per heavy atom. The van der Waals surface area contributed by atoms with Gasteiger partial charge in [-0.25, -0.2) is 0 Å². The van der Waals surface area contributed by atoms with Gasteiger partial charge in [-0.2, -0.15) is 5.10 Å². The lowest BCUT2D eigenvalue weighted by Gasteiger charge is -2.09. The molecule has 0 radical (unpaired) electrons. The van der Waals surface area contributed by atoms with Crippen molar-refractivity contribution in [1.29, 1.82) is 0 Å². The Bertz CT molecular complexity index is 246. The topological polar surface area (TPSA) is 84.3 Å². The summed E-state index contributed by atoms with van der Waals surface area (Å²) in [4.78, 5) is 0. The summed E-state index contributed by atoms with van der Waals surface area (Å²) in [7, 11) is -1.52. The average Bonchev–Trinajstić information content (AvgIpc) is 2.31. The van der Waals surface area contributed by atoms with Gasteiger partial charge in [-0.3, -0.25) is 4.68 Å². The molecule has 0 atom stereocenters. The van der Waals surface area contributed by atoms with Gasteiger partial charge in [-0.15, -0.1) is 0 Å². The van der Waals surface area contributed by atoms with E-state index in [2.05, 4.69) is 5.10 Å². The van der Waals surface area contributed by atoms with Crippen molar-refractivity contribution in [3.05, 3.63) is 6.07 Å². The second-order valence-electron chi connectivity index (χ2n) is 2.91. The molecule has 6 heteroatoms. The minimum atomic E-state index is -1.52. The molecule has 0 aliphatic heterocycles. The molecule has 66 valence electrons. The van der Waals surface area contributed by atoms with Crippen LogP contribution in [-0.2, 0) is 0 Å². The molecule has 0 amide bonds. The van der Waals surface area contributed by atoms with Crippen LogP contribution in [0, 0.1) is 0 Å². The predicted octanol–water partition coefficient (Wildman–Crippen LogP) is -1.27. The van der Waals surface area contributed by atoms with Gasteiger partial charge >= 0.3 is 7.12 Å². The molecule has 12 heavy (non-hydrogen) atoms. The minimum Gasteiger partial charge on any atom is -0.422 e. The van der Waals surface area contributed by atoms with Crippen molar-refractivity contribution in [2.24, 2.45) is 0 Å². The Hall–Kier alpha value is -1.01. The Balaban J connectivity index is 3.08. The molecule has 1 aromatic heterocycles. The standard InChI is InChI=1S/C6H12BN3O2/c1-4(2)10-5(7(11)12)3-6(8)9-10/h3-4,11-12H,1-2H3,(H2,8,9). The van der Waals surface area contributed by atoms with Crippen molar-refractivity contribution in [3.8, 4) is 0 Å². The van der Waals surface area contributed by atoms with Crippen molar-refractivity contribution >= 4 is 18.5 Å². The SMILES string of the molecule is CC(C)n1nc(N)cc1B(O)O. The number of hydrogen-bond acceptors (Lipinski definition) is 4. The van der Waals surface area contributed by atoms with E-state index in [0.29, 0.717) is 11.4 Å². The summed E-state index contributed by atoms with van der Waals surface area (Å²) in [6.07, 6.45) is 0. The van der Waals surface area contributed by atoms with Gasteiger partial charge in [-0.05, 0) is 19.9 Å². The van der Waals surface area contributed by atoms with Crippen LogP contribution in [0.3, 0.4) is 0 Å². The van der Waals surface area contributed by atoms with Crippen molar-refractivity contribution in [2.45, 2.75) is 19.9 Å². The van der Waals surface area contributed by atoms with E-state index in [1.165, 1.54) is 10.7 Å². The zero-order chi connectivity index (χ0) is 9.30. The van der Waals surface area contributed by atoms with Crippen LogP contribution in [0.1, 0.15) is 19.9 Å². The van der Waals surface area contributed by atoms with Crippen molar-refractivity contribution < 1.29 is 10.0 Å². The first-order valence-electron chi connectivity index (χ1n) is 3.73. The number of rotatable bonds is 2. The second-order valence-corrected chi connectivity index (χ2v) is 2.91. The van der Waals surface area contributed by atoms with E-state index in [0.717, 1.165) is 0 Å². The lowest BCUT2D eigenvalue weighted by Crippen LogP contribution is -2.37. The van der Waals surface area contributed by atoms with Crippen molar-refractivity contribution in [1.82, 2.24) is 9.78 Å². The van der Waals surface area contributed by atoms with E-state index in [9.17, 15) is 0 Å². The maximum atomic E-state index is 8.91. The molecule has 0 aromatic carbocycles. The monoisotopic (exact) mass is 169 g/mol. The normalized spacial score (nSPS) is 10.8. The molecule has 1 heterocycles. The third-order valence-corrected chi connectivity index (χ3v) is 1.54. The summed E-state index contributed by atoms with van der Waals surface area (Å²) >= 11 is 0. The molecular weight excluding hydrogens is 157 g/mol. The van der Waals surface area contributed by atoms with Crippen LogP contribution in [0.4, 0.5) is 5.82 Å². The van der Waals surface area contributed by atoms with E-state index in [1.807, 2.05) is 13.8 Å². The highest BCUT2D eigenvalue weighted by Gasteiger charge is 2.19. The van der Waals surface area contributed by atoms with Crippen molar-refractivity contribution in [2.75, 3.05) is 5.73 Å². The molecule has 0 unspecified atom stereocenters. The molecule has 1 aromatic rings. The summed E-state index contributed by atoms with van der Waals surface area (Å²) < 4.78 is 1.49. The largest absolute Gasteiger partial charge is 0.507 e. The Morgan fingerprint density at radius 2 is 2.17 bits per heavy atom. The molecule has 1 rings (SSSR count). The summed E-state index contributed by atoms with van der Waals surface area (Å²) in [6, 6.07) is 1.52. The van der Waals surface area contributed by atoms with Crippen LogP contribution >= 0.6 is 0 Å². The summed E-state index contributed by atoms with van der Waals surface area (Å²) in [5.74, 6) is 0.298. The van der Waals surface area contributed by atoms with E-state index in [4.69, 9.17) is 15.8 Å². The minimum absolute atomic E-state index is 0.0686. The zero-order valence-electron chi connectivity index (χ0n) is 7.10. The smallest absolute Gasteiger partial charge is 0.422 e. The van der Waals surface area contributed by atoms with Gasteiger partial charge in [0.15, 0.2) is 0 Å². The fourth-order valence-corrected chi connectivity index (χ4v) is 1.04. The lowest BCUT2D eigenvalue weighted by atomic mass is 9.86. The van der Waals surface area contributed by atoms with Gasteiger partial charge in [0.25, 0.3) is 0 Å². The van der Waals surface area contributed by atoms with Gasteiger partial charge in [-0.1, -0.05) is 0 Å². The predicted molar refractivity (Wildman–Crippen MR) is 46.9 cm³/mol. The quantitative estimate of drug-likeness (QED) is 0.481. The first-order chi connectivity index (χ1) is 5.52. The first kappa shape index (κ1) is 9.09. The van der Waals surface area contributed by atoms with E-state index >= 15 is 0 Å². The van der Waals surface area contributed by atoms with Gasteiger partial charge < -0.3 is 15.8 Å². The Kier molecular flexibility index (Phi) is 2.39. The van der Waals surface area contributed by atoms with Gasteiger partial charge in [0.05, 0.1) is 5.59 Å². The second kappa shape index (κ2) is 3.16.